The van der Waals surface area contributed by atoms with Crippen LogP contribution in [0, 0.1) is 26.6 Å². The van der Waals surface area contributed by atoms with Gasteiger partial charge in [-0.3, -0.25) is 0 Å². The fourth-order valence-corrected chi connectivity index (χ4v) is 3.76. The second-order valence-electron chi connectivity index (χ2n) is 7.90. The van der Waals surface area contributed by atoms with Gasteiger partial charge in [-0.05, 0) is 63.3 Å². The lowest BCUT2D eigenvalue weighted by Crippen LogP contribution is -2.27. The zero-order valence-corrected chi connectivity index (χ0v) is 17.6. The number of nitrogens with zero attached hydrogens (tertiary/aromatic N) is 4. The Bertz CT molecular complexity index is 1050. The number of nitrogens with one attached hydrogen (secondary N) is 2. The van der Waals surface area contributed by atoms with Crippen molar-refractivity contribution in [3.63, 3.8) is 0 Å². The van der Waals surface area contributed by atoms with Gasteiger partial charge in [-0.2, -0.15) is 10.1 Å². The Morgan fingerprint density at radius 2 is 1.97 bits per heavy atom. The average Bonchev–Trinajstić information content (AvgIpc) is 3.08. The van der Waals surface area contributed by atoms with Crippen molar-refractivity contribution in [2.75, 3.05) is 5.32 Å². The molecule has 156 valence electrons. The van der Waals surface area contributed by atoms with Crippen molar-refractivity contribution in [2.45, 2.75) is 52.6 Å². The Hall–Kier alpha value is -3.06. The molecule has 2 heterocycles. The molecule has 0 radical (unpaired) electrons. The molecule has 0 saturated carbocycles. The monoisotopic (exact) mass is 406 g/mol. The summed E-state index contributed by atoms with van der Waals surface area (Å²) >= 11 is 0. The number of hydrogen-bond donors (Lipinski definition) is 2. The van der Waals surface area contributed by atoms with Crippen LogP contribution in [-0.4, -0.2) is 25.8 Å². The van der Waals surface area contributed by atoms with Crippen LogP contribution in [0.4, 0.5) is 16.0 Å². The van der Waals surface area contributed by atoms with Crippen LogP contribution in [0.25, 0.3) is 5.82 Å². The molecular weight excluding hydrogens is 379 g/mol. The maximum absolute atomic E-state index is 14.5. The van der Waals surface area contributed by atoms with Gasteiger partial charge in [0.2, 0.25) is 5.95 Å². The van der Waals surface area contributed by atoms with Gasteiger partial charge < -0.3 is 10.6 Å². The largest absolute Gasteiger partial charge is 0.324 e. The van der Waals surface area contributed by atoms with Crippen molar-refractivity contribution in [3.8, 4) is 5.82 Å². The molecule has 0 bridgehead atoms. The first kappa shape index (κ1) is 20.2. The number of benzene rings is 1. The van der Waals surface area contributed by atoms with E-state index in [1.165, 1.54) is 17.3 Å². The molecule has 2 aromatic heterocycles. The summed E-state index contributed by atoms with van der Waals surface area (Å²) in [6.07, 6.45) is 10.9. The maximum atomic E-state index is 14.5. The maximum Gasteiger partial charge on any atom is 0.229 e. The lowest BCUT2D eigenvalue weighted by Gasteiger charge is -2.17. The number of aromatic nitrogens is 4. The molecule has 4 rings (SSSR count). The van der Waals surface area contributed by atoms with Crippen molar-refractivity contribution in [2.24, 2.45) is 0 Å². The van der Waals surface area contributed by atoms with E-state index in [1.807, 2.05) is 39.1 Å². The minimum atomic E-state index is -0.516. The molecule has 2 N–H and O–H groups in total. The van der Waals surface area contributed by atoms with Crippen molar-refractivity contribution in [1.29, 1.82) is 0 Å². The first-order valence-corrected chi connectivity index (χ1v) is 10.3. The van der Waals surface area contributed by atoms with Crippen LogP contribution < -0.4 is 10.6 Å². The van der Waals surface area contributed by atoms with Gasteiger partial charge >= 0.3 is 0 Å². The number of rotatable bonds is 6. The molecule has 3 aromatic rings. The number of hydrogen-bond acceptors (Lipinski definition) is 5. The Morgan fingerprint density at radius 1 is 1.17 bits per heavy atom. The standard InChI is InChI=1S/C23H27FN6/c1-15-9-16(2)11-20(10-15)27-23-26-13-21(24)22(28-23)30-14-18(17(3)29-30)12-25-19-7-5-4-6-8-19/h5,7,9-11,13-14,19,25H,4,6,8,12H2,1-3H3,(H,26,27,28). The molecule has 0 spiro atoms. The van der Waals surface area contributed by atoms with Crippen LogP contribution in [0.2, 0.25) is 0 Å². The third kappa shape index (κ3) is 4.74. The molecule has 1 atom stereocenters. The summed E-state index contributed by atoms with van der Waals surface area (Å²) < 4.78 is 16.0. The van der Waals surface area contributed by atoms with Gasteiger partial charge in [0, 0.05) is 30.0 Å². The molecule has 1 aliphatic carbocycles. The van der Waals surface area contributed by atoms with E-state index in [9.17, 15) is 4.39 Å². The van der Waals surface area contributed by atoms with E-state index >= 15 is 0 Å². The van der Waals surface area contributed by atoms with Crippen molar-refractivity contribution in [1.82, 2.24) is 25.1 Å². The van der Waals surface area contributed by atoms with Crippen LogP contribution in [0.15, 0.2) is 42.7 Å². The zero-order valence-electron chi connectivity index (χ0n) is 17.6. The van der Waals surface area contributed by atoms with Crippen LogP contribution in [-0.2, 0) is 6.54 Å². The third-order valence-electron chi connectivity index (χ3n) is 5.23. The molecule has 0 aliphatic heterocycles. The fraction of sp³-hybridized carbons (Fsp3) is 0.348. The van der Waals surface area contributed by atoms with E-state index in [1.54, 1.807) is 0 Å². The Morgan fingerprint density at radius 3 is 2.70 bits per heavy atom. The Balaban J connectivity index is 1.54. The van der Waals surface area contributed by atoms with Crippen molar-refractivity contribution < 1.29 is 4.39 Å². The molecule has 1 aromatic carbocycles. The van der Waals surface area contributed by atoms with Crippen LogP contribution in [0.1, 0.15) is 41.6 Å². The van der Waals surface area contributed by atoms with Crippen LogP contribution >= 0.6 is 0 Å². The molecule has 0 amide bonds. The molecule has 6 nitrogen and oxygen atoms in total. The van der Waals surface area contributed by atoms with Crippen LogP contribution in [0.5, 0.6) is 0 Å². The SMILES string of the molecule is Cc1cc(C)cc(Nc2ncc(F)c(-n3cc(CNC4C=CCCC4)c(C)n3)n2)c1. The number of aryl methyl sites for hydroxylation is 3. The highest BCUT2D eigenvalue weighted by Gasteiger charge is 2.15. The van der Waals surface area contributed by atoms with Gasteiger partial charge in [0.05, 0.1) is 11.9 Å². The van der Waals surface area contributed by atoms with E-state index in [4.69, 9.17) is 0 Å². The first-order valence-electron chi connectivity index (χ1n) is 10.3. The highest BCUT2D eigenvalue weighted by atomic mass is 19.1. The molecule has 0 saturated heterocycles. The van der Waals surface area contributed by atoms with E-state index in [0.717, 1.165) is 40.9 Å². The average molecular weight is 407 g/mol. The molecule has 1 unspecified atom stereocenters. The Labute approximate surface area is 176 Å². The van der Waals surface area contributed by atoms with Crippen LogP contribution in [0.3, 0.4) is 0 Å². The normalized spacial score (nSPS) is 16.1. The molecule has 0 fully saturated rings. The predicted molar refractivity (Wildman–Crippen MR) is 117 cm³/mol. The van der Waals surface area contributed by atoms with E-state index < -0.39 is 5.82 Å². The van der Waals surface area contributed by atoms with Gasteiger partial charge in [0.1, 0.15) is 0 Å². The van der Waals surface area contributed by atoms with Crippen molar-refractivity contribution in [3.05, 3.63) is 70.9 Å². The molecule has 30 heavy (non-hydrogen) atoms. The quantitative estimate of drug-likeness (QED) is 0.583. The second-order valence-corrected chi connectivity index (χ2v) is 7.90. The summed E-state index contributed by atoms with van der Waals surface area (Å²) in [7, 11) is 0. The van der Waals surface area contributed by atoms with Crippen molar-refractivity contribution >= 4 is 11.6 Å². The zero-order chi connectivity index (χ0) is 21.1. The second kappa shape index (κ2) is 8.75. The summed E-state index contributed by atoms with van der Waals surface area (Å²) in [5.74, 6) is -0.0569. The minimum absolute atomic E-state index is 0.129. The summed E-state index contributed by atoms with van der Waals surface area (Å²) in [6, 6.07) is 6.47. The van der Waals surface area contributed by atoms with E-state index in [2.05, 4.69) is 43.9 Å². The lowest BCUT2D eigenvalue weighted by atomic mass is 10.0. The number of anilines is 2. The van der Waals surface area contributed by atoms with Gasteiger partial charge in [-0.1, -0.05) is 18.2 Å². The topological polar surface area (TPSA) is 67.7 Å². The lowest BCUT2D eigenvalue weighted by molar-refractivity contribution is 0.521. The Kier molecular flexibility index (Phi) is 5.90. The molecule has 7 heteroatoms. The van der Waals surface area contributed by atoms with Gasteiger partial charge in [-0.25, -0.2) is 14.1 Å². The number of halogens is 1. The van der Waals surface area contributed by atoms with Gasteiger partial charge in [-0.15, -0.1) is 0 Å². The van der Waals surface area contributed by atoms with Gasteiger partial charge in [0.15, 0.2) is 11.6 Å². The number of allylic oxidation sites excluding steroid dienone is 1. The summed E-state index contributed by atoms with van der Waals surface area (Å²) in [5.41, 5.74) is 5.01. The predicted octanol–water partition coefficient (Wildman–Crippen LogP) is 4.67. The third-order valence-corrected chi connectivity index (χ3v) is 5.23. The smallest absolute Gasteiger partial charge is 0.229 e. The highest BCUT2D eigenvalue weighted by molar-refractivity contribution is 5.56. The van der Waals surface area contributed by atoms with Gasteiger partial charge in [0.25, 0.3) is 0 Å². The highest BCUT2D eigenvalue weighted by Crippen LogP contribution is 2.20. The first-order chi connectivity index (χ1) is 14.5. The molecule has 1 aliphatic rings. The summed E-state index contributed by atoms with van der Waals surface area (Å²) in [6.45, 7) is 6.67. The molecular formula is C23H27FN6. The summed E-state index contributed by atoms with van der Waals surface area (Å²) in [5, 5.41) is 11.2. The minimum Gasteiger partial charge on any atom is -0.324 e. The van der Waals surface area contributed by atoms with E-state index in [0.29, 0.717) is 18.5 Å². The summed E-state index contributed by atoms with van der Waals surface area (Å²) in [4.78, 5) is 8.46. The fourth-order valence-electron chi connectivity index (χ4n) is 3.76. The van der Waals surface area contributed by atoms with E-state index in [-0.39, 0.29) is 5.82 Å².